The third-order valence-corrected chi connectivity index (χ3v) is 2.10. The summed E-state index contributed by atoms with van der Waals surface area (Å²) in [6.07, 6.45) is 3.66. The van der Waals surface area contributed by atoms with Gasteiger partial charge in [-0.15, -0.1) is 0 Å². The fraction of sp³-hybridized carbons (Fsp3) is 0.308. The maximum absolute atomic E-state index is 11.1. The van der Waals surface area contributed by atoms with E-state index in [4.69, 9.17) is 9.47 Å². The highest BCUT2D eigenvalue weighted by Gasteiger charge is 2.00. The molecular formula is C13H16O4. The minimum Gasteiger partial charge on any atom is -0.504 e. The number of carbonyl (C=O) groups excluding carboxylic acids is 1. The van der Waals surface area contributed by atoms with Gasteiger partial charge in [-0.05, 0) is 24.6 Å². The highest BCUT2D eigenvalue weighted by Crippen LogP contribution is 2.26. The molecule has 0 saturated heterocycles. The Morgan fingerprint density at radius 3 is 2.82 bits per heavy atom. The minimum atomic E-state index is -0.263. The molecule has 0 unspecified atom stereocenters. The summed E-state index contributed by atoms with van der Waals surface area (Å²) < 4.78 is 9.71. The molecule has 0 heterocycles. The first-order valence-electron chi connectivity index (χ1n) is 5.36. The first-order valence-corrected chi connectivity index (χ1v) is 5.36. The highest BCUT2D eigenvalue weighted by atomic mass is 16.5. The molecule has 1 aromatic rings. The summed E-state index contributed by atoms with van der Waals surface area (Å²) in [6, 6.07) is 5.03. The van der Waals surface area contributed by atoms with Crippen molar-refractivity contribution in [1.29, 1.82) is 0 Å². The van der Waals surface area contributed by atoms with Gasteiger partial charge in [0.2, 0.25) is 0 Å². The van der Waals surface area contributed by atoms with E-state index >= 15 is 0 Å². The van der Waals surface area contributed by atoms with E-state index in [1.54, 1.807) is 37.3 Å². The lowest BCUT2D eigenvalue weighted by Gasteiger charge is -2.03. The zero-order valence-electron chi connectivity index (χ0n) is 9.97. The molecule has 0 amide bonds. The van der Waals surface area contributed by atoms with Gasteiger partial charge in [0.15, 0.2) is 11.5 Å². The molecule has 1 aromatic carbocycles. The molecular weight excluding hydrogens is 220 g/mol. The van der Waals surface area contributed by atoms with Crippen LogP contribution in [0.3, 0.4) is 0 Å². The number of methoxy groups -OCH3 is 1. The average Bonchev–Trinajstić information content (AvgIpc) is 2.29. The van der Waals surface area contributed by atoms with Gasteiger partial charge in [-0.3, -0.25) is 4.79 Å². The van der Waals surface area contributed by atoms with E-state index in [9.17, 15) is 9.90 Å². The molecule has 92 valence electrons. The van der Waals surface area contributed by atoms with Crippen LogP contribution in [-0.4, -0.2) is 24.8 Å². The molecule has 0 aromatic heterocycles. The van der Waals surface area contributed by atoms with E-state index in [2.05, 4.69) is 0 Å². The largest absolute Gasteiger partial charge is 0.504 e. The van der Waals surface area contributed by atoms with Crippen molar-refractivity contribution in [3.05, 3.63) is 29.8 Å². The summed E-state index contributed by atoms with van der Waals surface area (Å²) in [5.41, 5.74) is 0.799. The lowest BCUT2D eigenvalue weighted by Crippen LogP contribution is -2.01. The molecule has 0 atom stereocenters. The molecule has 0 radical (unpaired) electrons. The summed E-state index contributed by atoms with van der Waals surface area (Å²) in [5.74, 6) is 0.236. The molecule has 1 rings (SSSR count). The third-order valence-electron chi connectivity index (χ3n) is 2.10. The Bertz CT molecular complexity index is 410. The van der Waals surface area contributed by atoms with Crippen LogP contribution in [0.25, 0.3) is 6.08 Å². The van der Waals surface area contributed by atoms with E-state index in [1.807, 2.05) is 0 Å². The zero-order valence-corrected chi connectivity index (χ0v) is 9.97. The fourth-order valence-corrected chi connectivity index (χ4v) is 1.32. The monoisotopic (exact) mass is 236 g/mol. The van der Waals surface area contributed by atoms with Crippen LogP contribution in [0.2, 0.25) is 0 Å². The van der Waals surface area contributed by atoms with Crippen molar-refractivity contribution in [2.24, 2.45) is 0 Å². The molecule has 0 fully saturated rings. The lowest BCUT2D eigenvalue weighted by molar-refractivity contribution is -0.142. The van der Waals surface area contributed by atoms with E-state index in [0.717, 1.165) is 5.56 Å². The molecule has 0 saturated carbocycles. The highest BCUT2D eigenvalue weighted by molar-refractivity contribution is 5.72. The molecule has 17 heavy (non-hydrogen) atoms. The summed E-state index contributed by atoms with van der Waals surface area (Å²) in [6.45, 7) is 2.15. The predicted octanol–water partition coefficient (Wildman–Crippen LogP) is 2.37. The van der Waals surface area contributed by atoms with Crippen molar-refractivity contribution in [2.75, 3.05) is 13.7 Å². The number of carbonyl (C=O) groups is 1. The standard InChI is InChI=1S/C13H16O4/c1-3-17-13(15)6-4-5-10-7-8-12(16-2)11(14)9-10/h4-5,7-9,14H,3,6H2,1-2H3. The second kappa shape index (κ2) is 6.58. The van der Waals surface area contributed by atoms with Gasteiger partial charge in [0.25, 0.3) is 0 Å². The molecule has 1 N–H and O–H groups in total. The Balaban J connectivity index is 2.60. The van der Waals surface area contributed by atoms with E-state index < -0.39 is 0 Å². The Kier molecular flexibility index (Phi) is 5.07. The van der Waals surface area contributed by atoms with Crippen molar-refractivity contribution >= 4 is 12.0 Å². The minimum absolute atomic E-state index is 0.0748. The SMILES string of the molecule is CCOC(=O)CC=Cc1ccc(OC)c(O)c1. The lowest BCUT2D eigenvalue weighted by atomic mass is 10.2. The number of hydrogen-bond donors (Lipinski definition) is 1. The van der Waals surface area contributed by atoms with Gasteiger partial charge in [-0.2, -0.15) is 0 Å². The number of benzene rings is 1. The van der Waals surface area contributed by atoms with Crippen molar-refractivity contribution in [1.82, 2.24) is 0 Å². The number of ether oxygens (including phenoxy) is 2. The molecule has 4 nitrogen and oxygen atoms in total. The molecule has 0 bridgehead atoms. The van der Waals surface area contributed by atoms with E-state index in [-0.39, 0.29) is 18.1 Å². The Hall–Kier alpha value is -1.97. The Labute approximate surface area is 100 Å². The van der Waals surface area contributed by atoms with Crippen LogP contribution >= 0.6 is 0 Å². The van der Waals surface area contributed by atoms with Crippen LogP contribution in [-0.2, 0) is 9.53 Å². The molecule has 4 heteroatoms. The number of aromatic hydroxyl groups is 1. The maximum Gasteiger partial charge on any atom is 0.309 e. The number of esters is 1. The number of rotatable bonds is 5. The van der Waals surface area contributed by atoms with Gasteiger partial charge >= 0.3 is 5.97 Å². The summed E-state index contributed by atoms with van der Waals surface area (Å²) in [5, 5.41) is 9.53. The van der Waals surface area contributed by atoms with Crippen LogP contribution < -0.4 is 4.74 Å². The number of phenols is 1. The quantitative estimate of drug-likeness (QED) is 0.797. The molecule has 0 aliphatic heterocycles. The van der Waals surface area contributed by atoms with Gasteiger partial charge < -0.3 is 14.6 Å². The van der Waals surface area contributed by atoms with Crippen molar-refractivity contribution in [3.63, 3.8) is 0 Å². The molecule has 0 spiro atoms. The van der Waals surface area contributed by atoms with Crippen molar-refractivity contribution in [2.45, 2.75) is 13.3 Å². The van der Waals surface area contributed by atoms with Crippen molar-refractivity contribution < 1.29 is 19.4 Å². The van der Waals surface area contributed by atoms with E-state index in [0.29, 0.717) is 12.4 Å². The summed E-state index contributed by atoms with van der Waals surface area (Å²) >= 11 is 0. The van der Waals surface area contributed by atoms with Gasteiger partial charge in [0, 0.05) is 0 Å². The Morgan fingerprint density at radius 2 is 2.24 bits per heavy atom. The topological polar surface area (TPSA) is 55.8 Å². The number of hydrogen-bond acceptors (Lipinski definition) is 4. The second-order valence-electron chi connectivity index (χ2n) is 3.34. The average molecular weight is 236 g/mol. The van der Waals surface area contributed by atoms with E-state index in [1.165, 1.54) is 7.11 Å². The van der Waals surface area contributed by atoms with Crippen LogP contribution in [0.15, 0.2) is 24.3 Å². The fourth-order valence-electron chi connectivity index (χ4n) is 1.32. The number of phenolic OH excluding ortho intramolecular Hbond substituents is 1. The summed E-state index contributed by atoms with van der Waals surface area (Å²) in [7, 11) is 1.49. The van der Waals surface area contributed by atoms with Crippen LogP contribution in [0, 0.1) is 0 Å². The first kappa shape index (κ1) is 13.1. The van der Waals surface area contributed by atoms with Crippen molar-refractivity contribution in [3.8, 4) is 11.5 Å². The third kappa shape index (κ3) is 4.18. The zero-order chi connectivity index (χ0) is 12.7. The van der Waals surface area contributed by atoms with Crippen LogP contribution in [0.1, 0.15) is 18.9 Å². The molecule has 0 aliphatic carbocycles. The second-order valence-corrected chi connectivity index (χ2v) is 3.34. The molecule has 0 aliphatic rings. The van der Waals surface area contributed by atoms with Gasteiger partial charge in [0.1, 0.15) is 0 Å². The van der Waals surface area contributed by atoms with Gasteiger partial charge in [0.05, 0.1) is 20.1 Å². The van der Waals surface area contributed by atoms with Gasteiger partial charge in [-0.25, -0.2) is 0 Å². The normalized spacial score (nSPS) is 10.5. The van der Waals surface area contributed by atoms with Gasteiger partial charge in [-0.1, -0.05) is 18.2 Å². The predicted molar refractivity (Wildman–Crippen MR) is 64.9 cm³/mol. The smallest absolute Gasteiger partial charge is 0.309 e. The maximum atomic E-state index is 11.1. The first-order chi connectivity index (χ1) is 8.17. The van der Waals surface area contributed by atoms with Crippen LogP contribution in [0.5, 0.6) is 11.5 Å². The summed E-state index contributed by atoms with van der Waals surface area (Å²) in [4.78, 5) is 11.1. The van der Waals surface area contributed by atoms with Crippen LogP contribution in [0.4, 0.5) is 0 Å². The Morgan fingerprint density at radius 1 is 1.47 bits per heavy atom.